The van der Waals surface area contributed by atoms with Crippen LogP contribution in [0.15, 0.2) is 30.3 Å². The van der Waals surface area contributed by atoms with E-state index in [2.05, 4.69) is 26.0 Å². The Balaban J connectivity index is 2.35. The van der Waals surface area contributed by atoms with Crippen LogP contribution in [0.25, 0.3) is 0 Å². The largest absolute Gasteiger partial charge is 0.469 e. The number of carbonyl (C=O) groups excluding carboxylic acids is 1. The van der Waals surface area contributed by atoms with Gasteiger partial charge in [-0.25, -0.2) is 0 Å². The standard InChI is InChI=1S/C17H22N2O2/c1-4-15-14(11-17(20)21-3)16(5-2)19(18-15)12-13-9-7-6-8-10-13/h6-10H,4-5,11-12H2,1-3H3. The molecule has 4 nitrogen and oxygen atoms in total. The average Bonchev–Trinajstić information content (AvgIpc) is 2.84. The third kappa shape index (κ3) is 3.51. The van der Waals surface area contributed by atoms with Crippen LogP contribution in [0.2, 0.25) is 0 Å². The third-order valence-corrected chi connectivity index (χ3v) is 3.64. The number of aryl methyl sites for hydroxylation is 1. The fourth-order valence-electron chi connectivity index (χ4n) is 2.58. The third-order valence-electron chi connectivity index (χ3n) is 3.64. The molecule has 0 amide bonds. The van der Waals surface area contributed by atoms with Crippen LogP contribution >= 0.6 is 0 Å². The molecule has 0 spiro atoms. The Bertz CT molecular complexity index is 603. The summed E-state index contributed by atoms with van der Waals surface area (Å²) in [6.45, 7) is 4.90. The smallest absolute Gasteiger partial charge is 0.310 e. The predicted octanol–water partition coefficient (Wildman–Crippen LogP) is 2.77. The van der Waals surface area contributed by atoms with Gasteiger partial charge in [-0.1, -0.05) is 44.2 Å². The molecular weight excluding hydrogens is 264 g/mol. The quantitative estimate of drug-likeness (QED) is 0.767. The van der Waals surface area contributed by atoms with Crippen LogP contribution in [0, 0.1) is 0 Å². The number of rotatable bonds is 6. The molecule has 2 rings (SSSR count). The first kappa shape index (κ1) is 15.3. The van der Waals surface area contributed by atoms with Gasteiger partial charge in [0.15, 0.2) is 0 Å². The maximum Gasteiger partial charge on any atom is 0.310 e. The number of hydrogen-bond acceptors (Lipinski definition) is 3. The molecule has 0 saturated heterocycles. The highest BCUT2D eigenvalue weighted by molar-refractivity contribution is 5.73. The molecule has 0 bridgehead atoms. The number of benzene rings is 1. The Morgan fingerprint density at radius 2 is 1.90 bits per heavy atom. The summed E-state index contributed by atoms with van der Waals surface area (Å²) < 4.78 is 6.82. The molecule has 0 radical (unpaired) electrons. The van der Waals surface area contributed by atoms with Gasteiger partial charge in [-0.15, -0.1) is 0 Å². The van der Waals surface area contributed by atoms with Crippen molar-refractivity contribution < 1.29 is 9.53 Å². The minimum absolute atomic E-state index is 0.210. The molecule has 21 heavy (non-hydrogen) atoms. The van der Waals surface area contributed by atoms with Crippen molar-refractivity contribution in [1.29, 1.82) is 0 Å². The van der Waals surface area contributed by atoms with Gasteiger partial charge >= 0.3 is 5.97 Å². The summed E-state index contributed by atoms with van der Waals surface area (Å²) in [5, 5.41) is 4.69. The molecule has 0 saturated carbocycles. The Morgan fingerprint density at radius 3 is 2.48 bits per heavy atom. The van der Waals surface area contributed by atoms with Crippen LogP contribution in [0.4, 0.5) is 0 Å². The summed E-state index contributed by atoms with van der Waals surface area (Å²) in [6, 6.07) is 10.2. The number of ether oxygens (including phenoxy) is 1. The van der Waals surface area contributed by atoms with Gasteiger partial charge in [0, 0.05) is 11.3 Å². The van der Waals surface area contributed by atoms with Gasteiger partial charge in [0.1, 0.15) is 0 Å². The highest BCUT2D eigenvalue weighted by Gasteiger charge is 2.18. The van der Waals surface area contributed by atoms with Crippen molar-refractivity contribution in [2.45, 2.75) is 39.7 Å². The lowest BCUT2D eigenvalue weighted by atomic mass is 10.1. The summed E-state index contributed by atoms with van der Waals surface area (Å²) >= 11 is 0. The van der Waals surface area contributed by atoms with E-state index in [1.165, 1.54) is 12.7 Å². The first-order valence-electron chi connectivity index (χ1n) is 7.37. The van der Waals surface area contributed by atoms with Crippen molar-refractivity contribution in [3.63, 3.8) is 0 Å². The van der Waals surface area contributed by atoms with E-state index in [0.717, 1.165) is 36.3 Å². The van der Waals surface area contributed by atoms with E-state index in [9.17, 15) is 4.79 Å². The molecule has 0 aliphatic carbocycles. The first-order valence-corrected chi connectivity index (χ1v) is 7.37. The lowest BCUT2D eigenvalue weighted by molar-refractivity contribution is -0.139. The number of hydrogen-bond donors (Lipinski definition) is 0. The number of carbonyl (C=O) groups is 1. The number of aromatic nitrogens is 2. The number of nitrogens with zero attached hydrogens (tertiary/aromatic N) is 2. The highest BCUT2D eigenvalue weighted by Crippen LogP contribution is 2.19. The molecule has 0 fully saturated rings. The van der Waals surface area contributed by atoms with Crippen LogP contribution in [-0.2, 0) is 35.3 Å². The summed E-state index contributed by atoms with van der Waals surface area (Å²) in [7, 11) is 1.42. The number of esters is 1. The zero-order valence-corrected chi connectivity index (χ0v) is 12.9. The second kappa shape index (κ2) is 7.07. The monoisotopic (exact) mass is 286 g/mol. The lowest BCUT2D eigenvalue weighted by Gasteiger charge is -2.08. The molecule has 0 N–H and O–H groups in total. The summed E-state index contributed by atoms with van der Waals surface area (Å²) in [5.74, 6) is -0.210. The molecule has 4 heteroatoms. The molecule has 2 aromatic rings. The van der Waals surface area contributed by atoms with Crippen LogP contribution in [0.5, 0.6) is 0 Å². The van der Waals surface area contributed by atoms with Crippen LogP contribution < -0.4 is 0 Å². The van der Waals surface area contributed by atoms with Gasteiger partial charge in [-0.2, -0.15) is 5.10 Å². The van der Waals surface area contributed by atoms with E-state index in [0.29, 0.717) is 6.42 Å². The van der Waals surface area contributed by atoms with E-state index in [-0.39, 0.29) is 5.97 Å². The predicted molar refractivity (Wildman–Crippen MR) is 82.2 cm³/mol. The Labute approximate surface area is 125 Å². The average molecular weight is 286 g/mol. The van der Waals surface area contributed by atoms with Crippen molar-refractivity contribution in [3.8, 4) is 0 Å². The van der Waals surface area contributed by atoms with Crippen molar-refractivity contribution in [3.05, 3.63) is 52.8 Å². The van der Waals surface area contributed by atoms with Crippen molar-refractivity contribution in [2.75, 3.05) is 7.11 Å². The van der Waals surface area contributed by atoms with Crippen LogP contribution in [0.1, 0.15) is 36.4 Å². The number of methoxy groups -OCH3 is 1. The Morgan fingerprint density at radius 1 is 1.19 bits per heavy atom. The van der Waals surface area contributed by atoms with E-state index < -0.39 is 0 Å². The topological polar surface area (TPSA) is 44.1 Å². The van der Waals surface area contributed by atoms with Crippen molar-refractivity contribution >= 4 is 5.97 Å². The SMILES string of the molecule is CCc1nn(Cc2ccccc2)c(CC)c1CC(=O)OC. The van der Waals surface area contributed by atoms with Gasteiger partial charge in [-0.3, -0.25) is 9.48 Å². The maximum absolute atomic E-state index is 11.6. The molecule has 1 aromatic carbocycles. The zero-order valence-electron chi connectivity index (χ0n) is 12.9. The molecule has 0 unspecified atom stereocenters. The lowest BCUT2D eigenvalue weighted by Crippen LogP contribution is -2.09. The first-order chi connectivity index (χ1) is 10.2. The maximum atomic E-state index is 11.6. The fourth-order valence-corrected chi connectivity index (χ4v) is 2.58. The molecule has 112 valence electrons. The summed E-state index contributed by atoms with van der Waals surface area (Å²) in [5.41, 5.74) is 4.36. The highest BCUT2D eigenvalue weighted by atomic mass is 16.5. The Kier molecular flexibility index (Phi) is 5.14. The summed E-state index contributed by atoms with van der Waals surface area (Å²) in [6.07, 6.45) is 1.98. The second-order valence-corrected chi connectivity index (χ2v) is 4.98. The van der Waals surface area contributed by atoms with Crippen molar-refractivity contribution in [1.82, 2.24) is 9.78 Å². The molecule has 1 heterocycles. The normalized spacial score (nSPS) is 10.6. The molecule has 0 atom stereocenters. The molecule has 0 aliphatic rings. The summed E-state index contributed by atoms with van der Waals surface area (Å²) in [4.78, 5) is 11.6. The minimum Gasteiger partial charge on any atom is -0.469 e. The Hall–Kier alpha value is -2.10. The van der Waals surface area contributed by atoms with Gasteiger partial charge in [-0.05, 0) is 18.4 Å². The van der Waals surface area contributed by atoms with Crippen LogP contribution in [0.3, 0.4) is 0 Å². The molecule has 0 aliphatic heterocycles. The van der Waals surface area contributed by atoms with Gasteiger partial charge in [0.2, 0.25) is 0 Å². The van der Waals surface area contributed by atoms with E-state index in [4.69, 9.17) is 9.84 Å². The zero-order chi connectivity index (χ0) is 15.2. The minimum atomic E-state index is -0.210. The van der Waals surface area contributed by atoms with Crippen molar-refractivity contribution in [2.24, 2.45) is 0 Å². The van der Waals surface area contributed by atoms with Gasteiger partial charge < -0.3 is 4.74 Å². The van der Waals surface area contributed by atoms with E-state index >= 15 is 0 Å². The van der Waals surface area contributed by atoms with E-state index in [1.807, 2.05) is 22.9 Å². The van der Waals surface area contributed by atoms with E-state index in [1.54, 1.807) is 0 Å². The fraction of sp³-hybridized carbons (Fsp3) is 0.412. The molecule has 1 aromatic heterocycles. The van der Waals surface area contributed by atoms with Gasteiger partial charge in [0.25, 0.3) is 0 Å². The van der Waals surface area contributed by atoms with Gasteiger partial charge in [0.05, 0.1) is 25.8 Å². The molecular formula is C17H22N2O2. The second-order valence-electron chi connectivity index (χ2n) is 4.98. The van der Waals surface area contributed by atoms with Crippen LogP contribution in [-0.4, -0.2) is 22.9 Å².